The van der Waals surface area contributed by atoms with Crippen molar-refractivity contribution in [1.29, 1.82) is 0 Å². The van der Waals surface area contributed by atoms with Crippen LogP contribution in [0.3, 0.4) is 0 Å². The van der Waals surface area contributed by atoms with Crippen molar-refractivity contribution in [2.24, 2.45) is 5.73 Å². The maximum Gasteiger partial charge on any atom is 0.0615 e. The van der Waals surface area contributed by atoms with E-state index in [2.05, 4.69) is 40.8 Å². The van der Waals surface area contributed by atoms with Crippen LogP contribution in [-0.2, 0) is 11.2 Å². The molecular formula is C16H25N3O. The molecule has 2 rings (SSSR count). The molecule has 0 radical (unpaired) electrons. The molecule has 4 N–H and O–H groups in total. The standard InChI is InChI=1S/C16H25N3O/c1-20-12-14(5-4-9-17)18-10-8-13-11-19-16-7-3-2-6-15(13)16/h2-3,6-7,11,14,18-19H,4-5,8-10,12,17H2,1H3. The quantitative estimate of drug-likeness (QED) is 0.656. The second kappa shape index (κ2) is 8.04. The van der Waals surface area contributed by atoms with Crippen LogP contribution in [0.5, 0.6) is 0 Å². The van der Waals surface area contributed by atoms with Crippen LogP contribution in [0, 0.1) is 0 Å². The first-order chi connectivity index (χ1) is 9.85. The highest BCUT2D eigenvalue weighted by molar-refractivity contribution is 5.83. The zero-order valence-electron chi connectivity index (χ0n) is 12.2. The Morgan fingerprint density at radius 1 is 1.35 bits per heavy atom. The Balaban J connectivity index is 1.84. The van der Waals surface area contributed by atoms with E-state index in [4.69, 9.17) is 10.5 Å². The lowest BCUT2D eigenvalue weighted by Crippen LogP contribution is -2.35. The van der Waals surface area contributed by atoms with Gasteiger partial charge < -0.3 is 20.8 Å². The van der Waals surface area contributed by atoms with E-state index in [0.29, 0.717) is 6.04 Å². The molecule has 0 aliphatic rings. The predicted molar refractivity (Wildman–Crippen MR) is 84.0 cm³/mol. The average molecular weight is 275 g/mol. The molecule has 20 heavy (non-hydrogen) atoms. The van der Waals surface area contributed by atoms with Gasteiger partial charge in [-0.3, -0.25) is 0 Å². The summed E-state index contributed by atoms with van der Waals surface area (Å²) < 4.78 is 5.25. The molecule has 2 aromatic rings. The topological polar surface area (TPSA) is 63.1 Å². The first-order valence-corrected chi connectivity index (χ1v) is 7.32. The summed E-state index contributed by atoms with van der Waals surface area (Å²) in [6, 6.07) is 8.82. The fraction of sp³-hybridized carbons (Fsp3) is 0.500. The minimum absolute atomic E-state index is 0.397. The molecule has 0 bridgehead atoms. The summed E-state index contributed by atoms with van der Waals surface area (Å²) in [5.41, 5.74) is 8.14. The Morgan fingerprint density at radius 3 is 3.00 bits per heavy atom. The molecule has 1 aromatic carbocycles. The van der Waals surface area contributed by atoms with Gasteiger partial charge in [0.1, 0.15) is 0 Å². The number of fused-ring (bicyclic) bond motifs is 1. The van der Waals surface area contributed by atoms with E-state index in [1.165, 1.54) is 16.5 Å². The van der Waals surface area contributed by atoms with E-state index in [0.717, 1.165) is 39.0 Å². The van der Waals surface area contributed by atoms with Crippen molar-refractivity contribution in [3.63, 3.8) is 0 Å². The Hall–Kier alpha value is -1.36. The van der Waals surface area contributed by atoms with Crippen LogP contribution in [0.4, 0.5) is 0 Å². The zero-order chi connectivity index (χ0) is 14.2. The summed E-state index contributed by atoms with van der Waals surface area (Å²) in [7, 11) is 1.75. The maximum atomic E-state index is 5.57. The third kappa shape index (κ3) is 4.07. The lowest BCUT2D eigenvalue weighted by Gasteiger charge is -2.17. The molecule has 110 valence electrons. The Morgan fingerprint density at radius 2 is 2.20 bits per heavy atom. The zero-order valence-corrected chi connectivity index (χ0v) is 12.2. The van der Waals surface area contributed by atoms with Gasteiger partial charge >= 0.3 is 0 Å². The molecule has 0 fully saturated rings. The fourth-order valence-electron chi connectivity index (χ4n) is 2.56. The van der Waals surface area contributed by atoms with Crippen molar-refractivity contribution in [2.45, 2.75) is 25.3 Å². The van der Waals surface area contributed by atoms with Gasteiger partial charge in [0.05, 0.1) is 6.61 Å². The van der Waals surface area contributed by atoms with Crippen molar-refractivity contribution in [1.82, 2.24) is 10.3 Å². The number of nitrogens with two attached hydrogens (primary N) is 1. The van der Waals surface area contributed by atoms with Crippen LogP contribution in [0.15, 0.2) is 30.5 Å². The van der Waals surface area contributed by atoms with Crippen molar-refractivity contribution in [3.8, 4) is 0 Å². The largest absolute Gasteiger partial charge is 0.383 e. The normalized spacial score (nSPS) is 12.9. The molecule has 0 saturated heterocycles. The number of hydrogen-bond acceptors (Lipinski definition) is 3. The fourth-order valence-corrected chi connectivity index (χ4v) is 2.56. The monoisotopic (exact) mass is 275 g/mol. The third-order valence-electron chi connectivity index (χ3n) is 3.63. The lowest BCUT2D eigenvalue weighted by molar-refractivity contribution is 0.162. The van der Waals surface area contributed by atoms with Crippen molar-refractivity contribution < 1.29 is 4.74 Å². The van der Waals surface area contributed by atoms with Gasteiger partial charge in [-0.15, -0.1) is 0 Å². The molecule has 4 heteroatoms. The highest BCUT2D eigenvalue weighted by atomic mass is 16.5. The number of rotatable bonds is 9. The summed E-state index contributed by atoms with van der Waals surface area (Å²) in [6.07, 6.45) is 5.23. The molecule has 1 unspecified atom stereocenters. The van der Waals surface area contributed by atoms with Gasteiger partial charge in [0.2, 0.25) is 0 Å². The van der Waals surface area contributed by atoms with Crippen LogP contribution < -0.4 is 11.1 Å². The van der Waals surface area contributed by atoms with E-state index in [9.17, 15) is 0 Å². The second-order valence-electron chi connectivity index (χ2n) is 5.15. The van der Waals surface area contributed by atoms with Crippen LogP contribution in [0.2, 0.25) is 0 Å². The van der Waals surface area contributed by atoms with Gasteiger partial charge in [-0.1, -0.05) is 18.2 Å². The molecule has 0 aliphatic heterocycles. The minimum Gasteiger partial charge on any atom is -0.383 e. The summed E-state index contributed by atoms with van der Waals surface area (Å²) >= 11 is 0. The predicted octanol–water partition coefficient (Wildman–Crippen LogP) is 2.05. The van der Waals surface area contributed by atoms with Gasteiger partial charge in [0, 0.05) is 30.3 Å². The highest BCUT2D eigenvalue weighted by Crippen LogP contribution is 2.17. The highest BCUT2D eigenvalue weighted by Gasteiger charge is 2.08. The Labute approximate surface area is 120 Å². The number of aromatic amines is 1. The number of benzene rings is 1. The van der Waals surface area contributed by atoms with Crippen molar-refractivity contribution in [2.75, 3.05) is 26.8 Å². The molecule has 0 saturated carbocycles. The number of methoxy groups -OCH3 is 1. The molecule has 0 spiro atoms. The molecule has 1 heterocycles. The van der Waals surface area contributed by atoms with Gasteiger partial charge in [-0.25, -0.2) is 0 Å². The van der Waals surface area contributed by atoms with Gasteiger partial charge in [0.15, 0.2) is 0 Å². The summed E-state index contributed by atoms with van der Waals surface area (Å²) in [5.74, 6) is 0. The molecule has 1 atom stereocenters. The Bertz CT molecular complexity index is 509. The molecule has 0 amide bonds. The number of para-hydroxylation sites is 1. The van der Waals surface area contributed by atoms with E-state index < -0.39 is 0 Å². The number of hydrogen-bond donors (Lipinski definition) is 3. The summed E-state index contributed by atoms with van der Waals surface area (Å²) in [4.78, 5) is 3.32. The van der Waals surface area contributed by atoms with Crippen LogP contribution >= 0.6 is 0 Å². The molecule has 1 aromatic heterocycles. The van der Waals surface area contributed by atoms with Crippen molar-refractivity contribution in [3.05, 3.63) is 36.0 Å². The first-order valence-electron chi connectivity index (χ1n) is 7.32. The average Bonchev–Trinajstić information content (AvgIpc) is 2.88. The third-order valence-corrected chi connectivity index (χ3v) is 3.63. The number of H-pyrrole nitrogens is 1. The van der Waals surface area contributed by atoms with Crippen LogP contribution in [0.25, 0.3) is 10.9 Å². The van der Waals surface area contributed by atoms with E-state index in [1.54, 1.807) is 7.11 Å². The molecular weight excluding hydrogens is 250 g/mol. The van der Waals surface area contributed by atoms with E-state index in [1.807, 2.05) is 0 Å². The van der Waals surface area contributed by atoms with E-state index >= 15 is 0 Å². The first kappa shape index (κ1) is 15.0. The maximum absolute atomic E-state index is 5.57. The van der Waals surface area contributed by atoms with Gasteiger partial charge in [-0.05, 0) is 44.0 Å². The van der Waals surface area contributed by atoms with Crippen molar-refractivity contribution >= 4 is 10.9 Å². The minimum atomic E-state index is 0.397. The molecule has 4 nitrogen and oxygen atoms in total. The van der Waals surface area contributed by atoms with Gasteiger partial charge in [0.25, 0.3) is 0 Å². The van der Waals surface area contributed by atoms with Crippen LogP contribution in [0.1, 0.15) is 18.4 Å². The number of aromatic nitrogens is 1. The van der Waals surface area contributed by atoms with Crippen LogP contribution in [-0.4, -0.2) is 37.8 Å². The SMILES string of the molecule is COCC(CCCN)NCCc1c[nH]c2ccccc12. The smallest absolute Gasteiger partial charge is 0.0615 e. The second-order valence-corrected chi connectivity index (χ2v) is 5.15. The molecule has 0 aliphatic carbocycles. The summed E-state index contributed by atoms with van der Waals surface area (Å²) in [5, 5.41) is 4.88. The van der Waals surface area contributed by atoms with E-state index in [-0.39, 0.29) is 0 Å². The Kier molecular flexibility index (Phi) is 6.05. The lowest BCUT2D eigenvalue weighted by atomic mass is 10.1. The number of ether oxygens (including phenoxy) is 1. The van der Waals surface area contributed by atoms with Gasteiger partial charge in [-0.2, -0.15) is 0 Å². The number of nitrogens with one attached hydrogen (secondary N) is 2. The summed E-state index contributed by atoms with van der Waals surface area (Å²) in [6.45, 7) is 2.44.